The first kappa shape index (κ1) is 29.2. The van der Waals surface area contributed by atoms with Gasteiger partial charge in [0.05, 0.1) is 23.7 Å². The fraction of sp³-hybridized carbons (Fsp3) is 0.794. The molecule has 1 spiro atoms. The molecule has 1 aromatic rings. The molecule has 7 rings (SSSR count). The summed E-state index contributed by atoms with van der Waals surface area (Å²) in [5, 5.41) is 15.5. The van der Waals surface area contributed by atoms with Crippen molar-refractivity contribution in [2.75, 3.05) is 6.61 Å². The van der Waals surface area contributed by atoms with E-state index in [1.54, 1.807) is 12.1 Å². The van der Waals surface area contributed by atoms with Crippen LogP contribution in [0.25, 0.3) is 0 Å². The number of sulfonamides is 1. The Balaban J connectivity index is 1.27. The van der Waals surface area contributed by atoms with E-state index in [4.69, 9.17) is 14.6 Å². The van der Waals surface area contributed by atoms with Gasteiger partial charge < -0.3 is 14.6 Å². The highest BCUT2D eigenvalue weighted by molar-refractivity contribution is 7.89. The van der Waals surface area contributed by atoms with Gasteiger partial charge in [-0.1, -0.05) is 45.4 Å². The number of hydrogen-bond donors (Lipinski definition) is 2. The molecule has 12 atom stereocenters. The molecule has 6 fully saturated rings. The number of aliphatic hydroxyl groups excluding tert-OH is 1. The molecule has 0 radical (unpaired) electrons. The molecule has 2 heterocycles. The van der Waals surface area contributed by atoms with Crippen LogP contribution in [0.1, 0.15) is 91.0 Å². The molecule has 1 aromatic carbocycles. The maximum absolute atomic E-state index is 13.5. The van der Waals surface area contributed by atoms with Crippen molar-refractivity contribution in [3.05, 3.63) is 29.8 Å². The van der Waals surface area contributed by atoms with Gasteiger partial charge in [-0.2, -0.15) is 13.5 Å². The third-order valence-electron chi connectivity index (χ3n) is 13.4. The highest BCUT2D eigenvalue weighted by atomic mass is 32.2. The predicted molar refractivity (Wildman–Crippen MR) is 162 cm³/mol. The summed E-state index contributed by atoms with van der Waals surface area (Å²) in [6, 6.07) is 6.97. The van der Waals surface area contributed by atoms with Gasteiger partial charge in [-0.05, 0) is 105 Å². The van der Waals surface area contributed by atoms with Crippen LogP contribution in [-0.2, 0) is 19.5 Å². The van der Waals surface area contributed by atoms with Crippen molar-refractivity contribution in [1.29, 1.82) is 0 Å². The van der Waals surface area contributed by atoms with Crippen LogP contribution in [0.3, 0.4) is 0 Å². The second kappa shape index (κ2) is 10.0. The summed E-state index contributed by atoms with van der Waals surface area (Å²) in [6.45, 7) is 12.1. The highest BCUT2D eigenvalue weighted by Gasteiger charge is 2.71. The van der Waals surface area contributed by atoms with Crippen LogP contribution in [0.5, 0.6) is 0 Å². The van der Waals surface area contributed by atoms with Gasteiger partial charge in [0.25, 0.3) is 10.0 Å². The van der Waals surface area contributed by atoms with Gasteiger partial charge in [0, 0.05) is 29.4 Å². The lowest BCUT2D eigenvalue weighted by Crippen LogP contribution is -2.58. The molecule has 42 heavy (non-hydrogen) atoms. The fourth-order valence-electron chi connectivity index (χ4n) is 11.0. The molecule has 2 aliphatic heterocycles. The number of nitrogens with zero attached hydrogens (tertiary/aromatic N) is 1. The average Bonchev–Trinajstić information content (AvgIpc) is 3.40. The lowest BCUT2D eigenvalue weighted by atomic mass is 9.44. The smallest absolute Gasteiger partial charge is 0.276 e. The zero-order valence-corrected chi connectivity index (χ0v) is 26.8. The SMILES string of the molecule is Cc1ccc(S(=O)(=O)N/N=C2/C[C@@H]3[C@H](CC[C@H]4C[C@@H](O)CC[C@@]43C)[C@@H]3C[C@@H]4O[C@]5(CC[C@H](C)CO5)[C@@H](C)[C@@H]4[C@@]23C)cc1. The van der Waals surface area contributed by atoms with Gasteiger partial charge in [-0.15, -0.1) is 0 Å². The maximum Gasteiger partial charge on any atom is 0.276 e. The molecule has 8 heteroatoms. The first-order valence-corrected chi connectivity index (χ1v) is 18.0. The molecule has 0 amide bonds. The molecule has 0 unspecified atom stereocenters. The van der Waals surface area contributed by atoms with E-state index in [0.717, 1.165) is 62.8 Å². The van der Waals surface area contributed by atoms with Crippen molar-refractivity contribution in [3.8, 4) is 0 Å². The minimum atomic E-state index is -3.80. The maximum atomic E-state index is 13.5. The quantitative estimate of drug-likeness (QED) is 0.413. The number of hydrogen-bond acceptors (Lipinski definition) is 6. The monoisotopic (exact) mass is 598 g/mol. The van der Waals surface area contributed by atoms with Crippen LogP contribution >= 0.6 is 0 Å². The molecule has 7 nitrogen and oxygen atoms in total. The molecule has 4 aliphatic carbocycles. The van der Waals surface area contributed by atoms with Crippen molar-refractivity contribution >= 4 is 15.7 Å². The molecule has 232 valence electrons. The normalized spacial score (nSPS) is 49.3. The summed E-state index contributed by atoms with van der Waals surface area (Å²) < 4.78 is 40.5. The zero-order chi connectivity index (χ0) is 29.7. The number of ether oxygens (including phenoxy) is 2. The highest BCUT2D eigenvalue weighted by Crippen LogP contribution is 2.70. The zero-order valence-electron chi connectivity index (χ0n) is 26.0. The number of hydrazone groups is 1. The third kappa shape index (κ3) is 4.28. The fourth-order valence-corrected chi connectivity index (χ4v) is 11.8. The summed E-state index contributed by atoms with van der Waals surface area (Å²) >= 11 is 0. The Hall–Kier alpha value is -1.48. The largest absolute Gasteiger partial charge is 0.393 e. The minimum Gasteiger partial charge on any atom is -0.393 e. The van der Waals surface area contributed by atoms with E-state index in [-0.39, 0.29) is 39.8 Å². The van der Waals surface area contributed by atoms with Crippen LogP contribution in [-0.4, -0.2) is 43.8 Å². The molecule has 4 saturated carbocycles. The van der Waals surface area contributed by atoms with Gasteiger partial charge in [0.1, 0.15) is 0 Å². The predicted octanol–water partition coefficient (Wildman–Crippen LogP) is 6.05. The van der Waals surface area contributed by atoms with Gasteiger partial charge >= 0.3 is 0 Å². The van der Waals surface area contributed by atoms with Crippen molar-refractivity contribution < 1.29 is 23.0 Å². The van der Waals surface area contributed by atoms with E-state index in [1.165, 1.54) is 12.8 Å². The van der Waals surface area contributed by atoms with Crippen LogP contribution in [0.15, 0.2) is 34.3 Å². The molecular weight excluding hydrogens is 548 g/mol. The van der Waals surface area contributed by atoms with Crippen molar-refractivity contribution in [2.45, 2.75) is 115 Å². The standard InChI is InChI=1S/C34H50N2O5S/c1-20-6-9-25(10-7-20)42(38,39)36-35-30-18-27-26(11-8-23-16-24(37)13-14-32(23,27)4)28-17-29-31(33(28,30)5)22(3)34(41-29)15-12-21(2)19-40-34/h6-7,9-10,21-24,26-29,31,36-37H,8,11-19H2,1-5H3/b35-30-/t21-,22-,23-,24-,26-,27+,28-,29-,31-,32-,33+,34+/m0/s1. The Labute approximate surface area is 252 Å². The number of aryl methyl sites for hydroxylation is 1. The van der Waals surface area contributed by atoms with Gasteiger partial charge in [-0.3, -0.25) is 0 Å². The molecule has 2 saturated heterocycles. The van der Waals surface area contributed by atoms with Crippen molar-refractivity contribution in [2.24, 2.45) is 57.4 Å². The van der Waals surface area contributed by atoms with Crippen LogP contribution in [0, 0.1) is 59.2 Å². The summed E-state index contributed by atoms with van der Waals surface area (Å²) in [5.74, 6) is 2.33. The molecule has 2 N–H and O–H groups in total. The van der Waals surface area contributed by atoms with E-state index in [2.05, 4.69) is 32.5 Å². The Kier molecular flexibility index (Phi) is 6.97. The van der Waals surface area contributed by atoms with E-state index in [9.17, 15) is 13.5 Å². The molecule has 6 aliphatic rings. The second-order valence-corrected chi connectivity index (χ2v) is 17.2. The summed E-state index contributed by atoms with van der Waals surface area (Å²) in [4.78, 5) is 2.95. The Morgan fingerprint density at radius 2 is 1.76 bits per heavy atom. The lowest BCUT2D eigenvalue weighted by Gasteiger charge is -2.61. The topological polar surface area (TPSA) is 97.2 Å². The third-order valence-corrected chi connectivity index (χ3v) is 14.7. The van der Waals surface area contributed by atoms with Crippen LogP contribution in [0.4, 0.5) is 0 Å². The second-order valence-electron chi connectivity index (χ2n) is 15.5. The molecular formula is C34H50N2O5S. The van der Waals surface area contributed by atoms with E-state index >= 15 is 0 Å². The first-order chi connectivity index (χ1) is 19.9. The number of nitrogens with one attached hydrogen (secondary N) is 1. The van der Waals surface area contributed by atoms with E-state index in [1.807, 2.05) is 19.1 Å². The van der Waals surface area contributed by atoms with Gasteiger partial charge in [0.2, 0.25) is 0 Å². The first-order valence-electron chi connectivity index (χ1n) is 16.5. The summed E-state index contributed by atoms with van der Waals surface area (Å²) in [5.41, 5.74) is 1.89. The van der Waals surface area contributed by atoms with Crippen LogP contribution in [0.2, 0.25) is 0 Å². The number of benzene rings is 1. The Morgan fingerprint density at radius 3 is 2.48 bits per heavy atom. The average molecular weight is 599 g/mol. The minimum absolute atomic E-state index is 0.0970. The number of fused-ring (bicyclic) bond motifs is 7. The molecule has 0 aromatic heterocycles. The molecule has 0 bridgehead atoms. The summed E-state index contributed by atoms with van der Waals surface area (Å²) in [7, 11) is -3.80. The Bertz CT molecular complexity index is 1340. The van der Waals surface area contributed by atoms with Crippen LogP contribution < -0.4 is 4.83 Å². The summed E-state index contributed by atoms with van der Waals surface area (Å²) in [6.07, 6.45) is 8.84. The van der Waals surface area contributed by atoms with Gasteiger partial charge in [-0.25, -0.2) is 4.83 Å². The lowest BCUT2D eigenvalue weighted by molar-refractivity contribution is -0.272. The van der Waals surface area contributed by atoms with E-state index < -0.39 is 15.8 Å². The number of rotatable bonds is 3. The number of aliphatic hydroxyl groups is 1. The Morgan fingerprint density at radius 1 is 1.00 bits per heavy atom. The van der Waals surface area contributed by atoms with Crippen molar-refractivity contribution in [1.82, 2.24) is 4.83 Å². The van der Waals surface area contributed by atoms with Crippen molar-refractivity contribution in [3.63, 3.8) is 0 Å². The van der Waals surface area contributed by atoms with Gasteiger partial charge in [0.15, 0.2) is 5.79 Å². The van der Waals surface area contributed by atoms with E-state index in [0.29, 0.717) is 29.6 Å².